The molecule has 32 heavy (non-hydrogen) atoms. The predicted molar refractivity (Wildman–Crippen MR) is 115 cm³/mol. The summed E-state index contributed by atoms with van der Waals surface area (Å²) in [5.41, 5.74) is 3.56. The molecule has 2 aromatic carbocycles. The normalized spacial score (nSPS) is 17.5. The van der Waals surface area contributed by atoms with Crippen molar-refractivity contribution < 1.29 is 18.4 Å². The van der Waals surface area contributed by atoms with E-state index < -0.39 is 17.7 Å². The molecule has 2 heterocycles. The molecule has 3 aromatic rings. The smallest absolute Gasteiger partial charge is 0.261 e. The first-order valence-corrected chi connectivity index (χ1v) is 10.4. The van der Waals surface area contributed by atoms with E-state index in [2.05, 4.69) is 15.7 Å². The molecule has 0 saturated heterocycles. The lowest BCUT2D eigenvalue weighted by atomic mass is 9.85. The number of nitrogens with one attached hydrogen (secondary N) is 2. The van der Waals surface area contributed by atoms with Crippen LogP contribution in [0.1, 0.15) is 46.8 Å². The Morgan fingerprint density at radius 3 is 2.66 bits per heavy atom. The number of carbonyl (C=O) groups excluding carboxylic acids is 2. The first-order chi connectivity index (χ1) is 15.4. The van der Waals surface area contributed by atoms with Crippen LogP contribution < -0.4 is 10.6 Å². The molecule has 8 heteroatoms. The van der Waals surface area contributed by atoms with Gasteiger partial charge in [0.05, 0.1) is 6.20 Å². The average Bonchev–Trinajstić information content (AvgIpc) is 3.20. The van der Waals surface area contributed by atoms with Gasteiger partial charge >= 0.3 is 0 Å². The van der Waals surface area contributed by atoms with Crippen LogP contribution in [0.5, 0.6) is 0 Å². The summed E-state index contributed by atoms with van der Waals surface area (Å²) in [5.74, 6) is -1.99. The van der Waals surface area contributed by atoms with Gasteiger partial charge in [-0.2, -0.15) is 5.10 Å². The number of halogens is 2. The number of amides is 1. The molecule has 0 fully saturated rings. The van der Waals surface area contributed by atoms with Gasteiger partial charge in [0.1, 0.15) is 17.4 Å². The second kappa shape index (κ2) is 7.71. The standard InChI is InChI=1S/C24H20F2N4O2/c1-13-5-8-15(9-6-13)28-24(32)16-12-27-30-22(14-7-10-17(25)18(26)11-14)21-19(29-23(16)30)3-2-4-20(21)31/h5-12,22,29H,2-4H2,1H3,(H,28,32). The molecule has 1 aliphatic heterocycles. The van der Waals surface area contributed by atoms with Crippen LogP contribution in [0.2, 0.25) is 0 Å². The zero-order valence-corrected chi connectivity index (χ0v) is 17.3. The molecule has 162 valence electrons. The summed E-state index contributed by atoms with van der Waals surface area (Å²) in [4.78, 5) is 25.8. The van der Waals surface area contributed by atoms with Crippen molar-refractivity contribution in [1.82, 2.24) is 9.78 Å². The van der Waals surface area contributed by atoms with Gasteiger partial charge in [-0.05, 0) is 49.6 Å². The number of aryl methyl sites for hydroxylation is 1. The van der Waals surface area contributed by atoms with Crippen molar-refractivity contribution in [3.05, 3.63) is 88.3 Å². The fourth-order valence-electron chi connectivity index (χ4n) is 4.25. The molecule has 1 aromatic heterocycles. The average molecular weight is 434 g/mol. The lowest BCUT2D eigenvalue weighted by molar-refractivity contribution is -0.116. The third-order valence-corrected chi connectivity index (χ3v) is 5.85. The summed E-state index contributed by atoms with van der Waals surface area (Å²) in [7, 11) is 0. The summed E-state index contributed by atoms with van der Waals surface area (Å²) >= 11 is 0. The predicted octanol–water partition coefficient (Wildman–Crippen LogP) is 4.74. The van der Waals surface area contributed by atoms with E-state index in [1.165, 1.54) is 16.9 Å². The summed E-state index contributed by atoms with van der Waals surface area (Å²) in [5, 5.41) is 10.4. The molecule has 0 saturated carbocycles. The maximum Gasteiger partial charge on any atom is 0.261 e. The Bertz CT molecular complexity index is 1280. The Morgan fingerprint density at radius 1 is 1.12 bits per heavy atom. The van der Waals surface area contributed by atoms with Crippen LogP contribution >= 0.6 is 0 Å². The van der Waals surface area contributed by atoms with E-state index in [-0.39, 0.29) is 11.7 Å². The van der Waals surface area contributed by atoms with E-state index >= 15 is 0 Å². The highest BCUT2D eigenvalue weighted by atomic mass is 19.2. The minimum atomic E-state index is -1.00. The van der Waals surface area contributed by atoms with Crippen LogP contribution in [-0.2, 0) is 4.79 Å². The Labute approximate surface area is 182 Å². The largest absolute Gasteiger partial charge is 0.343 e. The zero-order valence-electron chi connectivity index (χ0n) is 17.3. The first kappa shape index (κ1) is 20.1. The van der Waals surface area contributed by atoms with Gasteiger partial charge in [-0.15, -0.1) is 0 Å². The number of nitrogens with zero attached hydrogens (tertiary/aromatic N) is 2. The molecule has 0 spiro atoms. The highest BCUT2D eigenvalue weighted by Crippen LogP contribution is 2.41. The fourth-order valence-corrected chi connectivity index (χ4v) is 4.25. The maximum absolute atomic E-state index is 14.1. The first-order valence-electron chi connectivity index (χ1n) is 10.4. The number of hydrogen-bond acceptors (Lipinski definition) is 4. The van der Waals surface area contributed by atoms with Crippen LogP contribution in [0, 0.1) is 18.6 Å². The van der Waals surface area contributed by atoms with Crippen LogP contribution in [0.25, 0.3) is 0 Å². The van der Waals surface area contributed by atoms with Crippen LogP contribution in [0.3, 0.4) is 0 Å². The molecule has 1 unspecified atom stereocenters. The molecule has 5 rings (SSSR count). The quantitative estimate of drug-likeness (QED) is 0.624. The number of aromatic nitrogens is 2. The van der Waals surface area contributed by atoms with Gasteiger partial charge in [0.2, 0.25) is 0 Å². The van der Waals surface area contributed by atoms with E-state index in [0.29, 0.717) is 53.2 Å². The topological polar surface area (TPSA) is 76.0 Å². The van der Waals surface area contributed by atoms with E-state index in [4.69, 9.17) is 0 Å². The maximum atomic E-state index is 14.1. The SMILES string of the molecule is Cc1ccc(NC(=O)c2cnn3c2NC2=C(C(=O)CCC2)C3c2ccc(F)c(F)c2)cc1. The minimum absolute atomic E-state index is 0.0692. The zero-order chi connectivity index (χ0) is 22.4. The molecular formula is C24H20F2N4O2. The molecule has 2 N–H and O–H groups in total. The highest BCUT2D eigenvalue weighted by molar-refractivity contribution is 6.08. The number of fused-ring (bicyclic) bond motifs is 1. The molecule has 2 aliphatic rings. The molecule has 1 aliphatic carbocycles. The number of Topliss-reactive ketones (excluding diaryl/α,β-unsaturated/α-hetero) is 1. The van der Waals surface area contributed by atoms with Crippen LogP contribution in [-0.4, -0.2) is 21.5 Å². The van der Waals surface area contributed by atoms with Crippen molar-refractivity contribution in [2.45, 2.75) is 32.2 Å². The minimum Gasteiger partial charge on any atom is -0.343 e. The van der Waals surface area contributed by atoms with Crippen molar-refractivity contribution in [3.63, 3.8) is 0 Å². The lowest BCUT2D eigenvalue weighted by Crippen LogP contribution is -2.32. The molecule has 0 bridgehead atoms. The summed E-state index contributed by atoms with van der Waals surface area (Å²) in [6.45, 7) is 1.96. The highest BCUT2D eigenvalue weighted by Gasteiger charge is 2.37. The summed E-state index contributed by atoms with van der Waals surface area (Å²) in [6, 6.07) is 10.2. The van der Waals surface area contributed by atoms with Crippen molar-refractivity contribution in [3.8, 4) is 0 Å². The van der Waals surface area contributed by atoms with Crippen molar-refractivity contribution in [2.24, 2.45) is 0 Å². The van der Waals surface area contributed by atoms with Crippen molar-refractivity contribution in [1.29, 1.82) is 0 Å². The van der Waals surface area contributed by atoms with Gasteiger partial charge in [-0.3, -0.25) is 9.59 Å². The third-order valence-electron chi connectivity index (χ3n) is 5.85. The number of anilines is 2. The molecule has 0 radical (unpaired) electrons. The fraction of sp³-hybridized carbons (Fsp3) is 0.208. The van der Waals surface area contributed by atoms with E-state index in [9.17, 15) is 18.4 Å². The lowest BCUT2D eigenvalue weighted by Gasteiger charge is -2.33. The summed E-state index contributed by atoms with van der Waals surface area (Å²) < 4.78 is 29.1. The number of ketones is 1. The Balaban J connectivity index is 1.58. The number of hydrogen-bond donors (Lipinski definition) is 2. The van der Waals surface area contributed by atoms with E-state index in [1.807, 2.05) is 19.1 Å². The molecule has 6 nitrogen and oxygen atoms in total. The van der Waals surface area contributed by atoms with Gasteiger partial charge in [0.15, 0.2) is 17.4 Å². The Kier molecular flexibility index (Phi) is 4.84. The second-order valence-electron chi connectivity index (χ2n) is 8.04. The number of carbonyl (C=O) groups is 2. The number of allylic oxidation sites excluding steroid dienone is 2. The van der Waals surface area contributed by atoms with E-state index in [0.717, 1.165) is 17.7 Å². The summed E-state index contributed by atoms with van der Waals surface area (Å²) in [6.07, 6.45) is 3.08. The van der Waals surface area contributed by atoms with E-state index in [1.54, 1.807) is 12.1 Å². The monoisotopic (exact) mass is 434 g/mol. The number of rotatable bonds is 3. The van der Waals surface area contributed by atoms with Crippen molar-refractivity contribution in [2.75, 3.05) is 10.6 Å². The third kappa shape index (κ3) is 3.37. The number of benzene rings is 2. The Morgan fingerprint density at radius 2 is 1.91 bits per heavy atom. The molecular weight excluding hydrogens is 414 g/mol. The molecule has 1 amide bonds. The van der Waals surface area contributed by atoms with Crippen LogP contribution in [0.4, 0.5) is 20.3 Å². The van der Waals surface area contributed by atoms with Crippen molar-refractivity contribution >= 4 is 23.2 Å². The van der Waals surface area contributed by atoms with Gasteiger partial charge in [-0.1, -0.05) is 23.8 Å². The molecule has 1 atom stereocenters. The van der Waals surface area contributed by atoms with Crippen LogP contribution in [0.15, 0.2) is 59.9 Å². The van der Waals surface area contributed by atoms with Gasteiger partial charge < -0.3 is 10.6 Å². The Hall–Kier alpha value is -3.81. The van der Waals surface area contributed by atoms with Gasteiger partial charge in [0.25, 0.3) is 5.91 Å². The second-order valence-corrected chi connectivity index (χ2v) is 8.04. The van der Waals surface area contributed by atoms with Gasteiger partial charge in [0, 0.05) is 23.4 Å². The van der Waals surface area contributed by atoms with Gasteiger partial charge in [-0.25, -0.2) is 13.5 Å².